The van der Waals surface area contributed by atoms with E-state index in [0.29, 0.717) is 18.0 Å². The number of thiazole rings is 1. The van der Waals surface area contributed by atoms with Crippen LogP contribution in [0.4, 0.5) is 5.13 Å². The van der Waals surface area contributed by atoms with E-state index in [9.17, 15) is 4.79 Å². The normalized spacial score (nSPS) is 13.7. The van der Waals surface area contributed by atoms with Gasteiger partial charge in [0.05, 0.1) is 12.3 Å². The quantitative estimate of drug-likeness (QED) is 0.865. The van der Waals surface area contributed by atoms with Crippen molar-refractivity contribution in [2.24, 2.45) is 5.73 Å². The second kappa shape index (κ2) is 7.77. The van der Waals surface area contributed by atoms with Crippen LogP contribution in [0.2, 0.25) is 0 Å². The number of aromatic nitrogens is 1. The number of halogens is 1. The molecule has 1 aliphatic rings. The number of carbonyl (C=O) groups is 1. The fourth-order valence-corrected chi connectivity index (χ4v) is 3.09. The van der Waals surface area contributed by atoms with Crippen LogP contribution in [-0.4, -0.2) is 23.5 Å². The van der Waals surface area contributed by atoms with Gasteiger partial charge in [-0.05, 0) is 37.1 Å². The van der Waals surface area contributed by atoms with Gasteiger partial charge in [-0.25, -0.2) is 4.98 Å². The number of nitrogens with two attached hydrogens (primary N) is 1. The summed E-state index contributed by atoms with van der Waals surface area (Å²) in [6.07, 6.45) is 2.03. The number of ether oxygens (including phenoxy) is 1. The Hall–Kier alpha value is -1.63. The fraction of sp³-hybridized carbons (Fsp3) is 0.375. The zero-order valence-electron chi connectivity index (χ0n) is 12.9. The van der Waals surface area contributed by atoms with Crippen molar-refractivity contribution in [1.29, 1.82) is 0 Å². The molecule has 3 rings (SSSR count). The van der Waals surface area contributed by atoms with Crippen LogP contribution in [0, 0.1) is 0 Å². The largest absolute Gasteiger partial charge is 0.493 e. The van der Waals surface area contributed by atoms with Crippen LogP contribution < -0.4 is 15.8 Å². The zero-order valence-corrected chi connectivity index (χ0v) is 14.5. The van der Waals surface area contributed by atoms with Crippen molar-refractivity contribution in [2.75, 3.05) is 11.9 Å². The van der Waals surface area contributed by atoms with Crippen LogP contribution in [0.5, 0.6) is 5.75 Å². The minimum atomic E-state index is -0.0412. The molecule has 0 aliphatic carbocycles. The van der Waals surface area contributed by atoms with E-state index in [4.69, 9.17) is 10.5 Å². The summed E-state index contributed by atoms with van der Waals surface area (Å²) in [4.78, 5) is 16.3. The molecule has 0 spiro atoms. The van der Waals surface area contributed by atoms with Gasteiger partial charge in [-0.15, -0.1) is 23.7 Å². The lowest BCUT2D eigenvalue weighted by Crippen LogP contribution is -2.19. The molecule has 1 amide bonds. The first-order chi connectivity index (χ1) is 10.6. The Kier molecular flexibility index (Phi) is 5.98. The van der Waals surface area contributed by atoms with Gasteiger partial charge in [0.25, 0.3) is 0 Å². The van der Waals surface area contributed by atoms with Crippen LogP contribution in [-0.2, 0) is 11.2 Å². The first-order valence-electron chi connectivity index (χ1n) is 7.39. The van der Waals surface area contributed by atoms with Gasteiger partial charge in [0.2, 0.25) is 5.91 Å². The summed E-state index contributed by atoms with van der Waals surface area (Å²) in [6.45, 7) is 2.64. The number of carbonyl (C=O) groups excluding carboxylic acids is 1. The van der Waals surface area contributed by atoms with E-state index in [0.717, 1.165) is 30.0 Å². The number of rotatable bonds is 5. The van der Waals surface area contributed by atoms with E-state index in [2.05, 4.69) is 16.4 Å². The molecule has 3 N–H and O–H groups in total. The lowest BCUT2D eigenvalue weighted by Gasteiger charge is -2.04. The number of hydrogen-bond donors (Lipinski definition) is 2. The Bertz CT molecular complexity index is 688. The molecule has 7 heteroatoms. The highest BCUT2D eigenvalue weighted by Gasteiger charge is 2.14. The monoisotopic (exact) mass is 353 g/mol. The average Bonchev–Trinajstić information content (AvgIpc) is 3.12. The molecule has 1 atom stereocenters. The summed E-state index contributed by atoms with van der Waals surface area (Å²) in [7, 11) is 0. The Balaban J connectivity index is 0.00000192. The number of nitrogens with zero attached hydrogens (tertiary/aromatic N) is 1. The third kappa shape index (κ3) is 4.43. The summed E-state index contributed by atoms with van der Waals surface area (Å²) >= 11 is 1.43. The number of fused-ring (bicyclic) bond motifs is 1. The molecule has 0 fully saturated rings. The fourth-order valence-electron chi connectivity index (χ4n) is 2.35. The van der Waals surface area contributed by atoms with E-state index >= 15 is 0 Å². The summed E-state index contributed by atoms with van der Waals surface area (Å²) in [6, 6.07) is 6.13. The molecule has 5 nitrogen and oxygen atoms in total. The molecule has 23 heavy (non-hydrogen) atoms. The molecule has 1 aromatic carbocycles. The van der Waals surface area contributed by atoms with Crippen molar-refractivity contribution in [2.45, 2.75) is 32.2 Å². The highest BCUT2D eigenvalue weighted by atomic mass is 35.5. The number of benzene rings is 1. The molecule has 0 saturated carbocycles. The van der Waals surface area contributed by atoms with Crippen LogP contribution in [0.15, 0.2) is 23.6 Å². The summed E-state index contributed by atoms with van der Waals surface area (Å²) < 4.78 is 5.51. The van der Waals surface area contributed by atoms with Crippen LogP contribution in [0.25, 0.3) is 11.3 Å². The molecule has 1 aromatic heterocycles. The minimum Gasteiger partial charge on any atom is -0.493 e. The Morgan fingerprint density at radius 2 is 2.35 bits per heavy atom. The van der Waals surface area contributed by atoms with Crippen LogP contribution in [0.3, 0.4) is 0 Å². The standard InChI is InChI=1S/C16H19N3O2S.ClH/c1-10(17)2-5-15(20)19-16-18-13(9-22-16)11-3-4-14-12(8-11)6-7-21-14;/h3-4,8-10H,2,5-7,17H2,1H3,(H,18,19,20);1H. The van der Waals surface area contributed by atoms with Gasteiger partial charge in [-0.1, -0.05) is 0 Å². The molecular formula is C16H20ClN3O2S. The van der Waals surface area contributed by atoms with Crippen molar-refractivity contribution in [3.8, 4) is 17.0 Å². The van der Waals surface area contributed by atoms with Gasteiger partial charge in [0.1, 0.15) is 5.75 Å². The van der Waals surface area contributed by atoms with Gasteiger partial charge in [-0.3, -0.25) is 4.79 Å². The third-order valence-electron chi connectivity index (χ3n) is 3.56. The Morgan fingerprint density at radius 1 is 1.52 bits per heavy atom. The second-order valence-corrected chi connectivity index (χ2v) is 6.38. The van der Waals surface area contributed by atoms with Gasteiger partial charge < -0.3 is 15.8 Å². The van der Waals surface area contributed by atoms with Crippen molar-refractivity contribution in [1.82, 2.24) is 4.98 Å². The number of nitrogens with one attached hydrogen (secondary N) is 1. The highest BCUT2D eigenvalue weighted by Crippen LogP contribution is 2.31. The van der Waals surface area contributed by atoms with Gasteiger partial charge in [-0.2, -0.15) is 0 Å². The predicted molar refractivity (Wildman–Crippen MR) is 95.5 cm³/mol. The summed E-state index contributed by atoms with van der Waals surface area (Å²) in [5, 5.41) is 5.41. The molecule has 0 bridgehead atoms. The molecular weight excluding hydrogens is 334 g/mol. The first kappa shape index (κ1) is 17.7. The van der Waals surface area contributed by atoms with E-state index in [1.165, 1.54) is 16.9 Å². The smallest absolute Gasteiger partial charge is 0.226 e. The van der Waals surface area contributed by atoms with E-state index < -0.39 is 0 Å². The molecule has 0 radical (unpaired) electrons. The minimum absolute atomic E-state index is 0. The molecule has 2 aromatic rings. The van der Waals surface area contributed by atoms with Gasteiger partial charge in [0, 0.05) is 29.8 Å². The van der Waals surface area contributed by atoms with E-state index in [1.54, 1.807) is 0 Å². The molecule has 0 saturated heterocycles. The number of hydrogen-bond acceptors (Lipinski definition) is 5. The molecule has 1 unspecified atom stereocenters. The third-order valence-corrected chi connectivity index (χ3v) is 4.32. The summed E-state index contributed by atoms with van der Waals surface area (Å²) in [5.74, 6) is 0.920. The number of anilines is 1. The average molecular weight is 354 g/mol. The molecule has 124 valence electrons. The van der Waals surface area contributed by atoms with E-state index in [1.807, 2.05) is 24.4 Å². The maximum absolute atomic E-state index is 11.8. The lowest BCUT2D eigenvalue weighted by molar-refractivity contribution is -0.116. The van der Waals surface area contributed by atoms with Crippen molar-refractivity contribution in [3.63, 3.8) is 0 Å². The zero-order chi connectivity index (χ0) is 15.5. The van der Waals surface area contributed by atoms with Gasteiger partial charge in [0.15, 0.2) is 5.13 Å². The highest BCUT2D eigenvalue weighted by molar-refractivity contribution is 7.14. The van der Waals surface area contributed by atoms with Gasteiger partial charge >= 0.3 is 0 Å². The Labute approximate surface area is 145 Å². The maximum Gasteiger partial charge on any atom is 0.226 e. The first-order valence-corrected chi connectivity index (χ1v) is 8.27. The van der Waals surface area contributed by atoms with Crippen LogP contribution in [0.1, 0.15) is 25.3 Å². The van der Waals surface area contributed by atoms with Crippen molar-refractivity contribution < 1.29 is 9.53 Å². The SMILES string of the molecule is CC(N)CCC(=O)Nc1nc(-c2ccc3c(c2)CCO3)cs1.Cl. The van der Waals surface area contributed by atoms with E-state index in [-0.39, 0.29) is 24.4 Å². The Morgan fingerprint density at radius 3 is 3.13 bits per heavy atom. The summed E-state index contributed by atoms with van der Waals surface area (Å²) in [5.41, 5.74) is 8.80. The topological polar surface area (TPSA) is 77.2 Å². The van der Waals surface area contributed by atoms with Crippen molar-refractivity contribution in [3.05, 3.63) is 29.1 Å². The molecule has 1 aliphatic heterocycles. The second-order valence-electron chi connectivity index (χ2n) is 5.52. The predicted octanol–water partition coefficient (Wildman–Crippen LogP) is 3.23. The number of amides is 1. The maximum atomic E-state index is 11.8. The molecule has 2 heterocycles. The lowest BCUT2D eigenvalue weighted by atomic mass is 10.1. The van der Waals surface area contributed by atoms with Crippen molar-refractivity contribution >= 4 is 34.8 Å². The van der Waals surface area contributed by atoms with Crippen LogP contribution >= 0.6 is 23.7 Å².